The molecule has 0 aromatic carbocycles. The van der Waals surface area contributed by atoms with Crippen molar-refractivity contribution in [2.45, 2.75) is 64.6 Å². The average molecular weight is 453 g/mol. The predicted octanol–water partition coefficient (Wildman–Crippen LogP) is 2.18. The van der Waals surface area contributed by atoms with Crippen LogP contribution < -0.4 is 10.2 Å². The summed E-state index contributed by atoms with van der Waals surface area (Å²) in [6.07, 6.45) is 5.38. The van der Waals surface area contributed by atoms with E-state index < -0.39 is 5.60 Å². The number of nitrogens with one attached hydrogen (secondary N) is 1. The minimum absolute atomic E-state index is 0.173. The van der Waals surface area contributed by atoms with Crippen molar-refractivity contribution in [2.24, 2.45) is 0 Å². The molecule has 2 aliphatic rings. The molecule has 5 rings (SSSR count). The van der Waals surface area contributed by atoms with Gasteiger partial charge in [0.15, 0.2) is 5.65 Å². The van der Waals surface area contributed by atoms with Gasteiger partial charge in [0.2, 0.25) is 11.9 Å². The lowest BCUT2D eigenvalue weighted by molar-refractivity contribution is 0.0942. The van der Waals surface area contributed by atoms with E-state index in [9.17, 15) is 5.11 Å². The van der Waals surface area contributed by atoms with Gasteiger partial charge in [0.1, 0.15) is 11.4 Å². The quantitative estimate of drug-likeness (QED) is 0.581. The van der Waals surface area contributed by atoms with E-state index in [4.69, 9.17) is 29.8 Å². The van der Waals surface area contributed by atoms with E-state index in [2.05, 4.69) is 10.2 Å². The standard InChI is InChI=1S/C23H32N8O2/c1-14-20(26-17-8-6-5-7-16(17)25-14)18-11-19-27-22(30-10-9-15(12-30)33-4)28-21(31(19)29-18)24-13-23(2,3)32/h11,15,32H,5-10,12-13H2,1-4H3,(H,24,27,28)/t15-/m1/s1. The monoisotopic (exact) mass is 452 g/mol. The number of nitrogens with zero attached hydrogens (tertiary/aromatic N) is 7. The molecule has 0 radical (unpaired) electrons. The van der Waals surface area contributed by atoms with E-state index in [-0.39, 0.29) is 6.10 Å². The Kier molecular flexibility index (Phi) is 5.65. The molecule has 0 saturated carbocycles. The summed E-state index contributed by atoms with van der Waals surface area (Å²) in [7, 11) is 1.74. The second-order valence-electron chi connectivity index (χ2n) is 9.66. The fourth-order valence-electron chi connectivity index (χ4n) is 4.47. The first-order valence-electron chi connectivity index (χ1n) is 11.7. The topological polar surface area (TPSA) is 114 Å². The summed E-state index contributed by atoms with van der Waals surface area (Å²) in [5.41, 5.74) is 4.35. The van der Waals surface area contributed by atoms with Crippen molar-refractivity contribution in [3.63, 3.8) is 0 Å². The van der Waals surface area contributed by atoms with Crippen molar-refractivity contribution in [2.75, 3.05) is 37.0 Å². The Bertz CT molecular complexity index is 1170. The van der Waals surface area contributed by atoms with E-state index >= 15 is 0 Å². The van der Waals surface area contributed by atoms with E-state index in [0.717, 1.165) is 67.2 Å². The van der Waals surface area contributed by atoms with Gasteiger partial charge in [0, 0.05) is 32.8 Å². The van der Waals surface area contributed by atoms with Crippen LogP contribution in [0.5, 0.6) is 0 Å². The first kappa shape index (κ1) is 22.0. The van der Waals surface area contributed by atoms with E-state index in [0.29, 0.717) is 24.1 Å². The number of aliphatic hydroxyl groups is 1. The van der Waals surface area contributed by atoms with Gasteiger partial charge in [0.25, 0.3) is 0 Å². The zero-order chi connectivity index (χ0) is 23.2. The summed E-state index contributed by atoms with van der Waals surface area (Å²) >= 11 is 0. The van der Waals surface area contributed by atoms with Crippen molar-refractivity contribution >= 4 is 17.5 Å². The molecule has 0 spiro atoms. The molecule has 33 heavy (non-hydrogen) atoms. The highest BCUT2D eigenvalue weighted by molar-refractivity contribution is 5.65. The Hall–Kier alpha value is -2.85. The lowest BCUT2D eigenvalue weighted by atomic mass is 10.00. The van der Waals surface area contributed by atoms with Crippen LogP contribution in [-0.2, 0) is 17.6 Å². The third-order valence-corrected chi connectivity index (χ3v) is 6.30. The smallest absolute Gasteiger partial charge is 0.230 e. The number of anilines is 2. The molecule has 3 aromatic heterocycles. The minimum atomic E-state index is -0.900. The molecule has 1 saturated heterocycles. The van der Waals surface area contributed by atoms with Gasteiger partial charge in [-0.1, -0.05) is 0 Å². The minimum Gasteiger partial charge on any atom is -0.389 e. The van der Waals surface area contributed by atoms with Gasteiger partial charge in [-0.05, 0) is 52.9 Å². The van der Waals surface area contributed by atoms with E-state index in [1.807, 2.05) is 13.0 Å². The van der Waals surface area contributed by atoms with Gasteiger partial charge in [0.05, 0.1) is 28.8 Å². The number of methoxy groups -OCH3 is 1. The molecule has 10 heteroatoms. The first-order valence-corrected chi connectivity index (χ1v) is 11.7. The molecule has 1 atom stereocenters. The number of ether oxygens (including phenoxy) is 1. The second-order valence-corrected chi connectivity index (χ2v) is 9.66. The number of rotatable bonds is 6. The molecular weight excluding hydrogens is 420 g/mol. The van der Waals surface area contributed by atoms with Gasteiger partial charge in [-0.2, -0.15) is 19.6 Å². The maximum absolute atomic E-state index is 10.2. The molecule has 10 nitrogen and oxygen atoms in total. The van der Waals surface area contributed by atoms with Gasteiger partial charge in [-0.15, -0.1) is 0 Å². The van der Waals surface area contributed by atoms with E-state index in [1.165, 1.54) is 6.42 Å². The number of aromatic nitrogens is 6. The molecule has 2 N–H and O–H groups in total. The molecule has 3 aromatic rings. The first-order chi connectivity index (χ1) is 15.8. The van der Waals surface area contributed by atoms with Crippen molar-refractivity contribution in [3.8, 4) is 11.4 Å². The predicted molar refractivity (Wildman–Crippen MR) is 126 cm³/mol. The van der Waals surface area contributed by atoms with Crippen LogP contribution in [0.25, 0.3) is 17.0 Å². The average Bonchev–Trinajstić information content (AvgIpc) is 3.43. The lowest BCUT2D eigenvalue weighted by Crippen LogP contribution is -2.31. The highest BCUT2D eigenvalue weighted by atomic mass is 16.5. The van der Waals surface area contributed by atoms with Crippen molar-refractivity contribution < 1.29 is 9.84 Å². The molecule has 4 heterocycles. The third-order valence-electron chi connectivity index (χ3n) is 6.30. The maximum atomic E-state index is 10.2. The third kappa shape index (κ3) is 4.49. The maximum Gasteiger partial charge on any atom is 0.230 e. The molecule has 1 fully saturated rings. The zero-order valence-corrected chi connectivity index (χ0v) is 19.8. The Morgan fingerprint density at radius 2 is 1.91 bits per heavy atom. The van der Waals surface area contributed by atoms with Crippen LogP contribution in [0.3, 0.4) is 0 Å². The Labute approximate surface area is 193 Å². The molecule has 176 valence electrons. The highest BCUT2D eigenvalue weighted by Gasteiger charge is 2.26. The molecule has 1 aliphatic carbocycles. The van der Waals surface area contributed by atoms with Crippen LogP contribution in [0.15, 0.2) is 6.07 Å². The highest BCUT2D eigenvalue weighted by Crippen LogP contribution is 2.27. The van der Waals surface area contributed by atoms with Gasteiger partial charge >= 0.3 is 0 Å². The van der Waals surface area contributed by atoms with Gasteiger partial charge in [-0.25, -0.2) is 4.98 Å². The fraction of sp³-hybridized carbons (Fsp3) is 0.609. The van der Waals surface area contributed by atoms with Crippen molar-refractivity contribution in [1.82, 2.24) is 29.5 Å². The number of aryl methyl sites for hydroxylation is 3. The van der Waals surface area contributed by atoms with Crippen molar-refractivity contribution in [3.05, 3.63) is 23.1 Å². The van der Waals surface area contributed by atoms with Crippen LogP contribution >= 0.6 is 0 Å². The summed E-state index contributed by atoms with van der Waals surface area (Å²) in [6, 6.07) is 1.94. The number of hydrogen-bond donors (Lipinski definition) is 2. The SMILES string of the molecule is CO[C@@H]1CCN(c2nc(NCC(C)(C)O)n3nc(-c4nc5c(nc4C)CCCC5)cc3n2)C1. The Morgan fingerprint density at radius 1 is 1.15 bits per heavy atom. The molecule has 0 amide bonds. The normalized spacial score (nSPS) is 18.7. The summed E-state index contributed by atoms with van der Waals surface area (Å²) in [6.45, 7) is 7.39. The van der Waals surface area contributed by atoms with E-state index in [1.54, 1.807) is 25.5 Å². The molecular formula is C23H32N8O2. The summed E-state index contributed by atoms with van der Waals surface area (Å²) < 4.78 is 7.20. The van der Waals surface area contributed by atoms with Gasteiger partial charge < -0.3 is 20.1 Å². The number of hydrogen-bond acceptors (Lipinski definition) is 9. The van der Waals surface area contributed by atoms with Gasteiger partial charge in [-0.3, -0.25) is 4.98 Å². The Morgan fingerprint density at radius 3 is 2.61 bits per heavy atom. The Balaban J connectivity index is 1.57. The second kappa shape index (κ2) is 8.49. The van der Waals surface area contributed by atoms with Crippen LogP contribution in [0.4, 0.5) is 11.9 Å². The van der Waals surface area contributed by atoms with Crippen LogP contribution in [0.2, 0.25) is 0 Å². The zero-order valence-electron chi connectivity index (χ0n) is 19.8. The van der Waals surface area contributed by atoms with Crippen LogP contribution in [-0.4, -0.2) is 73.1 Å². The summed E-state index contributed by atoms with van der Waals surface area (Å²) in [5.74, 6) is 1.16. The molecule has 0 unspecified atom stereocenters. The summed E-state index contributed by atoms with van der Waals surface area (Å²) in [5, 5.41) is 18.3. The molecule has 0 bridgehead atoms. The molecule has 1 aliphatic heterocycles. The lowest BCUT2D eigenvalue weighted by Gasteiger charge is -2.20. The van der Waals surface area contributed by atoms with Crippen molar-refractivity contribution in [1.29, 1.82) is 0 Å². The number of fused-ring (bicyclic) bond motifs is 2. The largest absolute Gasteiger partial charge is 0.389 e. The summed E-state index contributed by atoms with van der Waals surface area (Å²) in [4.78, 5) is 21.5. The van der Waals surface area contributed by atoms with Crippen LogP contribution in [0.1, 0.15) is 50.2 Å². The van der Waals surface area contributed by atoms with Crippen LogP contribution in [0, 0.1) is 6.92 Å². The fourth-order valence-corrected chi connectivity index (χ4v) is 4.47.